The van der Waals surface area contributed by atoms with Crippen molar-refractivity contribution in [1.29, 1.82) is 0 Å². The highest BCUT2D eigenvalue weighted by Gasteiger charge is 2.30. The minimum Gasteiger partial charge on any atom is -0.368 e. The number of anilines is 1. The lowest BCUT2D eigenvalue weighted by Gasteiger charge is -2.21. The number of aromatic nitrogens is 2. The maximum atomic E-state index is 11.2. The summed E-state index contributed by atoms with van der Waals surface area (Å²) in [7, 11) is 0. The van der Waals surface area contributed by atoms with E-state index in [0.717, 1.165) is 23.9 Å². The molecule has 1 fully saturated rings. The highest BCUT2D eigenvalue weighted by Crippen LogP contribution is 2.22. The van der Waals surface area contributed by atoms with Crippen molar-refractivity contribution in [2.24, 2.45) is 5.73 Å². The van der Waals surface area contributed by atoms with Gasteiger partial charge in [0.25, 0.3) is 0 Å². The Morgan fingerprint density at radius 3 is 2.80 bits per heavy atom. The van der Waals surface area contributed by atoms with Crippen LogP contribution in [-0.2, 0) is 4.79 Å². The summed E-state index contributed by atoms with van der Waals surface area (Å²) in [5, 5.41) is 0. The molecule has 5 nitrogen and oxygen atoms in total. The Hall–Kier alpha value is -1.17. The van der Waals surface area contributed by atoms with Gasteiger partial charge in [0.1, 0.15) is 6.04 Å². The van der Waals surface area contributed by atoms with Gasteiger partial charge in [-0.05, 0) is 28.8 Å². The van der Waals surface area contributed by atoms with Gasteiger partial charge in [0.2, 0.25) is 11.9 Å². The number of amides is 1. The van der Waals surface area contributed by atoms with Gasteiger partial charge in [-0.1, -0.05) is 0 Å². The van der Waals surface area contributed by atoms with E-state index >= 15 is 0 Å². The van der Waals surface area contributed by atoms with Crippen LogP contribution >= 0.6 is 15.9 Å². The van der Waals surface area contributed by atoms with Crippen molar-refractivity contribution in [2.75, 3.05) is 11.4 Å². The molecule has 0 unspecified atom stereocenters. The van der Waals surface area contributed by atoms with Crippen LogP contribution in [0.25, 0.3) is 0 Å². The lowest BCUT2D eigenvalue weighted by Crippen LogP contribution is -2.41. The molecule has 1 saturated heterocycles. The van der Waals surface area contributed by atoms with Crippen molar-refractivity contribution in [3.8, 4) is 0 Å². The Bertz CT molecular complexity index is 367. The van der Waals surface area contributed by atoms with Crippen LogP contribution < -0.4 is 10.6 Å². The van der Waals surface area contributed by atoms with E-state index in [9.17, 15) is 4.79 Å². The molecule has 1 amide bonds. The first-order chi connectivity index (χ1) is 7.18. The predicted octanol–water partition coefficient (Wildman–Crippen LogP) is 0.693. The number of carbonyl (C=O) groups excluding carboxylic acids is 1. The molecule has 2 rings (SSSR count). The molecule has 1 aromatic heterocycles. The number of primary amides is 1. The Kier molecular flexibility index (Phi) is 2.86. The van der Waals surface area contributed by atoms with Crippen LogP contribution in [0, 0.1) is 0 Å². The molecule has 0 aliphatic carbocycles. The largest absolute Gasteiger partial charge is 0.368 e. The normalized spacial score (nSPS) is 20.6. The maximum Gasteiger partial charge on any atom is 0.240 e. The van der Waals surface area contributed by atoms with E-state index in [1.54, 1.807) is 12.4 Å². The number of nitrogens with zero attached hydrogens (tertiary/aromatic N) is 3. The molecule has 1 aromatic rings. The molecule has 15 heavy (non-hydrogen) atoms. The molecular formula is C9H11BrN4O. The Labute approximate surface area is 95.8 Å². The average Bonchev–Trinajstić information content (AvgIpc) is 2.67. The quantitative estimate of drug-likeness (QED) is 0.859. The van der Waals surface area contributed by atoms with Gasteiger partial charge < -0.3 is 10.6 Å². The maximum absolute atomic E-state index is 11.2. The SMILES string of the molecule is NC(=O)[C@@H]1CCCN1c1ncc(Br)cn1. The van der Waals surface area contributed by atoms with E-state index in [-0.39, 0.29) is 11.9 Å². The van der Waals surface area contributed by atoms with E-state index < -0.39 is 0 Å². The summed E-state index contributed by atoms with van der Waals surface area (Å²) in [6.45, 7) is 0.787. The monoisotopic (exact) mass is 270 g/mol. The molecule has 0 saturated carbocycles. The van der Waals surface area contributed by atoms with Gasteiger partial charge in [0, 0.05) is 18.9 Å². The van der Waals surface area contributed by atoms with E-state index in [2.05, 4.69) is 25.9 Å². The molecular weight excluding hydrogens is 260 g/mol. The van der Waals surface area contributed by atoms with Crippen LogP contribution in [-0.4, -0.2) is 28.5 Å². The predicted molar refractivity (Wildman–Crippen MR) is 59.3 cm³/mol. The smallest absolute Gasteiger partial charge is 0.240 e. The van der Waals surface area contributed by atoms with Gasteiger partial charge in [0.15, 0.2) is 0 Å². The number of halogens is 1. The van der Waals surface area contributed by atoms with Crippen LogP contribution in [0.2, 0.25) is 0 Å². The van der Waals surface area contributed by atoms with Crippen LogP contribution in [0.3, 0.4) is 0 Å². The number of rotatable bonds is 2. The van der Waals surface area contributed by atoms with Crippen LogP contribution in [0.4, 0.5) is 5.95 Å². The first-order valence-electron chi connectivity index (χ1n) is 4.72. The third-order valence-electron chi connectivity index (χ3n) is 2.44. The van der Waals surface area contributed by atoms with Crippen LogP contribution in [0.1, 0.15) is 12.8 Å². The second kappa shape index (κ2) is 4.14. The third kappa shape index (κ3) is 2.09. The standard InChI is InChI=1S/C9H11BrN4O/c10-6-4-12-9(13-5-6)14-3-1-2-7(14)8(11)15/h4-5,7H,1-3H2,(H2,11,15)/t7-/m0/s1. The van der Waals surface area contributed by atoms with Gasteiger partial charge >= 0.3 is 0 Å². The minimum absolute atomic E-state index is 0.258. The Balaban J connectivity index is 2.22. The molecule has 6 heteroatoms. The van der Waals surface area contributed by atoms with Gasteiger partial charge in [-0.3, -0.25) is 4.79 Å². The summed E-state index contributed by atoms with van der Waals surface area (Å²) in [5.74, 6) is 0.263. The van der Waals surface area contributed by atoms with E-state index in [1.165, 1.54) is 0 Å². The van der Waals surface area contributed by atoms with Gasteiger partial charge in [-0.2, -0.15) is 0 Å². The number of nitrogens with two attached hydrogens (primary N) is 1. The fraction of sp³-hybridized carbons (Fsp3) is 0.444. The summed E-state index contributed by atoms with van der Waals surface area (Å²) in [5.41, 5.74) is 5.31. The topological polar surface area (TPSA) is 72.1 Å². The molecule has 1 aliphatic heterocycles. The summed E-state index contributed by atoms with van der Waals surface area (Å²) in [6, 6.07) is -0.258. The lowest BCUT2D eigenvalue weighted by molar-refractivity contribution is -0.119. The molecule has 1 atom stereocenters. The zero-order valence-corrected chi connectivity index (χ0v) is 9.64. The summed E-state index contributed by atoms with van der Waals surface area (Å²) < 4.78 is 0.820. The van der Waals surface area contributed by atoms with Crippen molar-refractivity contribution in [3.63, 3.8) is 0 Å². The average molecular weight is 271 g/mol. The molecule has 0 bridgehead atoms. The first kappa shape index (κ1) is 10.4. The first-order valence-corrected chi connectivity index (χ1v) is 5.51. The van der Waals surface area contributed by atoms with E-state index in [0.29, 0.717) is 5.95 Å². The zero-order valence-electron chi connectivity index (χ0n) is 8.06. The summed E-state index contributed by atoms with van der Waals surface area (Å²) in [4.78, 5) is 21.3. The molecule has 0 spiro atoms. The minimum atomic E-state index is -0.306. The Morgan fingerprint density at radius 2 is 2.20 bits per heavy atom. The number of hydrogen-bond donors (Lipinski definition) is 1. The molecule has 0 radical (unpaired) electrons. The second-order valence-electron chi connectivity index (χ2n) is 3.46. The van der Waals surface area contributed by atoms with Crippen LogP contribution in [0.15, 0.2) is 16.9 Å². The Morgan fingerprint density at radius 1 is 1.53 bits per heavy atom. The van der Waals surface area contributed by atoms with E-state index in [1.807, 2.05) is 4.90 Å². The van der Waals surface area contributed by atoms with Gasteiger partial charge in [0.05, 0.1) is 4.47 Å². The highest BCUT2D eigenvalue weighted by atomic mass is 79.9. The zero-order chi connectivity index (χ0) is 10.8. The summed E-state index contributed by atoms with van der Waals surface area (Å²) in [6.07, 6.45) is 5.07. The fourth-order valence-corrected chi connectivity index (χ4v) is 1.96. The lowest BCUT2D eigenvalue weighted by atomic mass is 10.2. The summed E-state index contributed by atoms with van der Waals surface area (Å²) >= 11 is 3.26. The van der Waals surface area contributed by atoms with Crippen molar-refractivity contribution in [2.45, 2.75) is 18.9 Å². The molecule has 1 aliphatic rings. The van der Waals surface area contributed by atoms with Crippen molar-refractivity contribution >= 4 is 27.8 Å². The van der Waals surface area contributed by atoms with Gasteiger partial charge in [-0.15, -0.1) is 0 Å². The molecule has 2 heterocycles. The second-order valence-corrected chi connectivity index (χ2v) is 4.37. The van der Waals surface area contributed by atoms with Crippen LogP contribution in [0.5, 0.6) is 0 Å². The molecule has 2 N–H and O–H groups in total. The number of carbonyl (C=O) groups is 1. The van der Waals surface area contributed by atoms with E-state index in [4.69, 9.17) is 5.73 Å². The molecule has 0 aromatic carbocycles. The number of hydrogen-bond acceptors (Lipinski definition) is 4. The van der Waals surface area contributed by atoms with Crippen molar-refractivity contribution in [1.82, 2.24) is 9.97 Å². The molecule has 80 valence electrons. The van der Waals surface area contributed by atoms with Crippen molar-refractivity contribution < 1.29 is 4.79 Å². The fourth-order valence-electron chi connectivity index (χ4n) is 1.76. The van der Waals surface area contributed by atoms with Crippen molar-refractivity contribution in [3.05, 3.63) is 16.9 Å². The van der Waals surface area contributed by atoms with Gasteiger partial charge in [-0.25, -0.2) is 9.97 Å². The highest BCUT2D eigenvalue weighted by molar-refractivity contribution is 9.10. The third-order valence-corrected chi connectivity index (χ3v) is 2.85.